The molecule has 3 aromatic heterocycles. The van der Waals surface area contributed by atoms with Crippen molar-refractivity contribution in [3.8, 4) is 47.0 Å². The molecule has 17 heteroatoms. The van der Waals surface area contributed by atoms with E-state index in [1.165, 1.54) is 0 Å². The van der Waals surface area contributed by atoms with Crippen molar-refractivity contribution < 1.29 is 37.8 Å². The van der Waals surface area contributed by atoms with E-state index in [0.29, 0.717) is 84.5 Å². The number of pyridine rings is 3. The minimum atomic E-state index is -4.21. The van der Waals surface area contributed by atoms with E-state index >= 15 is 0 Å². The van der Waals surface area contributed by atoms with Gasteiger partial charge in [0.15, 0.2) is 0 Å². The van der Waals surface area contributed by atoms with Crippen LogP contribution in [-0.2, 0) is 33.3 Å². The molecule has 0 saturated carbocycles. The van der Waals surface area contributed by atoms with Crippen LogP contribution in [-0.4, -0.2) is 97.8 Å². The Kier molecular flexibility index (Phi) is 19.5. The molecule has 0 bridgehead atoms. The molecule has 10 rings (SSSR count). The normalized spacial score (nSPS) is 15.2. The lowest BCUT2D eigenvalue weighted by Gasteiger charge is -2.26. The average molecular weight is 1200 g/mol. The number of aromatic nitrogens is 3. The van der Waals surface area contributed by atoms with Gasteiger partial charge in [0.2, 0.25) is 0 Å². The van der Waals surface area contributed by atoms with Gasteiger partial charge in [-0.3, -0.25) is 28.4 Å². The fourth-order valence-electron chi connectivity index (χ4n) is 9.69. The molecule has 0 aliphatic carbocycles. The molecule has 0 radical (unpaired) electrons. The lowest BCUT2D eigenvalue weighted by Crippen LogP contribution is -2.36. The molecule has 14 nitrogen and oxygen atoms in total. The summed E-state index contributed by atoms with van der Waals surface area (Å²) in [5.41, 5.74) is 6.54. The second-order valence-corrected chi connectivity index (χ2v) is 27.1. The van der Waals surface area contributed by atoms with E-state index in [0.717, 1.165) is 22.3 Å². The summed E-state index contributed by atoms with van der Waals surface area (Å²) in [7, 11) is -9.41. The van der Waals surface area contributed by atoms with E-state index in [1.54, 1.807) is 123 Å². The zero-order chi connectivity index (χ0) is 60.1. The van der Waals surface area contributed by atoms with Gasteiger partial charge in [0.25, 0.3) is 22.1 Å². The molecule has 4 heterocycles. The number of ether oxygens (including phenoxy) is 2. The Bertz CT molecular complexity index is 4010. The number of rotatable bonds is 14. The molecule has 86 heavy (non-hydrogen) atoms. The molecule has 432 valence electrons. The molecular weight excluding hydrogens is 1130 g/mol. The third-order valence-corrected chi connectivity index (χ3v) is 20.0. The molecule has 9 aromatic rings. The molecule has 1 aliphatic rings. The first-order valence-corrected chi connectivity index (χ1v) is 32.9. The van der Waals surface area contributed by atoms with Crippen LogP contribution < -0.4 is 41.7 Å². The first-order chi connectivity index (χ1) is 41.6. The molecule has 1 fully saturated rings. The first-order valence-electron chi connectivity index (χ1n) is 27.9. The molecule has 6 aromatic carbocycles. The van der Waals surface area contributed by atoms with Crippen molar-refractivity contribution in [3.63, 3.8) is 0 Å². The van der Waals surface area contributed by atoms with Gasteiger partial charge in [-0.1, -0.05) is 108 Å². The summed E-state index contributed by atoms with van der Waals surface area (Å²) in [5, 5.41) is 0.730. The van der Waals surface area contributed by atoms with E-state index in [1.807, 2.05) is 97.9 Å². The molecule has 3 N–H and O–H groups in total. The molecule has 3 atom stereocenters. The maximum atomic E-state index is 14.5. The van der Waals surface area contributed by atoms with Crippen LogP contribution in [0.5, 0.6) is 11.5 Å². The predicted molar refractivity (Wildman–Crippen MR) is 340 cm³/mol. The van der Waals surface area contributed by atoms with Crippen molar-refractivity contribution >= 4 is 54.3 Å². The van der Waals surface area contributed by atoms with Crippen LogP contribution >= 0.6 is 22.1 Å². The smallest absolute Gasteiger partial charge is 0.276 e. The minimum absolute atomic E-state index is 0.00480. The standard InChI is InChI=1S/C69H63N6O8P3/c1-52-19-21-53(22-20-52)23-26-56-43-59(70-67(46-56)84(76,77)64-13-7-4-8-14-64)49-73-37-39-74(50-60-44-57(27-24-54-29-33-62(82-2)34-30-54)47-68(71-60)85(78,79)65-15-9-5-10-16-65)41-42-75(40-38-73)51-61-45-58(28-25-55-31-35-63(83-3)36-32-55)48-69(72-61)86(80,81)66-17-11-6-12-18-66/h4-22,29-36,43-48H,37-42,49-51H2,1-3H3,(H,76,77)(H,78,79)(H,80,81). The van der Waals surface area contributed by atoms with Crippen LogP contribution in [0.3, 0.4) is 0 Å². The van der Waals surface area contributed by atoms with Crippen LogP contribution in [0.25, 0.3) is 0 Å². The van der Waals surface area contributed by atoms with E-state index in [9.17, 15) is 28.4 Å². The zero-order valence-corrected chi connectivity index (χ0v) is 50.5. The third kappa shape index (κ3) is 15.7. The van der Waals surface area contributed by atoms with Gasteiger partial charge < -0.3 is 24.2 Å². The fourth-order valence-corrected chi connectivity index (χ4v) is 13.9. The highest BCUT2D eigenvalue weighted by atomic mass is 31.2. The third-order valence-electron chi connectivity index (χ3n) is 14.5. The van der Waals surface area contributed by atoms with Crippen molar-refractivity contribution in [2.45, 2.75) is 26.6 Å². The van der Waals surface area contributed by atoms with Gasteiger partial charge in [0.05, 0.1) is 31.3 Å². The Labute approximate surface area is 502 Å². The molecular formula is C69H63N6O8P3. The number of benzene rings is 6. The zero-order valence-electron chi connectivity index (χ0n) is 47.8. The summed E-state index contributed by atoms with van der Waals surface area (Å²) < 4.78 is 54.2. The summed E-state index contributed by atoms with van der Waals surface area (Å²) in [4.78, 5) is 57.0. The van der Waals surface area contributed by atoms with Crippen LogP contribution in [0.15, 0.2) is 200 Å². The van der Waals surface area contributed by atoms with Gasteiger partial charge >= 0.3 is 0 Å². The predicted octanol–water partition coefficient (Wildman–Crippen LogP) is 7.88. The summed E-state index contributed by atoms with van der Waals surface area (Å²) in [5.74, 6) is 20.7. The van der Waals surface area contributed by atoms with Crippen LogP contribution in [0.4, 0.5) is 0 Å². The monoisotopic (exact) mass is 1200 g/mol. The van der Waals surface area contributed by atoms with Crippen molar-refractivity contribution in [1.29, 1.82) is 0 Å². The number of methoxy groups -OCH3 is 2. The lowest BCUT2D eigenvalue weighted by molar-refractivity contribution is 0.207. The highest BCUT2D eigenvalue weighted by molar-refractivity contribution is 7.74. The molecule has 3 unspecified atom stereocenters. The summed E-state index contributed by atoms with van der Waals surface area (Å²) in [6.07, 6.45) is 0. The number of nitrogens with zero attached hydrogens (tertiary/aromatic N) is 6. The van der Waals surface area contributed by atoms with E-state index in [4.69, 9.17) is 24.4 Å². The van der Waals surface area contributed by atoms with Crippen molar-refractivity contribution in [3.05, 3.63) is 256 Å². The van der Waals surface area contributed by atoms with E-state index in [2.05, 4.69) is 50.2 Å². The Morgan fingerprint density at radius 2 is 0.628 bits per heavy atom. The molecule has 0 amide bonds. The largest absolute Gasteiger partial charge is 0.497 e. The quantitative estimate of drug-likeness (QED) is 0.0708. The Hall–Kier alpha value is -8.50. The van der Waals surface area contributed by atoms with E-state index < -0.39 is 22.1 Å². The fraction of sp³-hybridized carbons (Fsp3) is 0.174. The van der Waals surface area contributed by atoms with Crippen molar-refractivity contribution in [2.75, 3.05) is 53.5 Å². The van der Waals surface area contributed by atoms with Crippen LogP contribution in [0.2, 0.25) is 0 Å². The maximum Gasteiger partial charge on any atom is 0.276 e. The second kappa shape index (κ2) is 27.7. The minimum Gasteiger partial charge on any atom is -0.497 e. The SMILES string of the molecule is COc1ccc(C#Cc2cc(CN3CCN(Cc4cc(C#Cc5ccc(C)cc5)cc(P(=O)(O)c5ccccc5)n4)CCN(Cc4cc(C#Cc5ccc(OC)cc5)cc(P(=O)(O)c5ccccc5)n4)CC3)nc(P(=O)(O)c3ccccc3)c2)cc1. The molecule has 1 aliphatic heterocycles. The topological polar surface area (TPSA) is 179 Å². The van der Waals surface area contributed by atoms with E-state index in [-0.39, 0.29) is 51.9 Å². The van der Waals surface area contributed by atoms with Gasteiger partial charge in [0, 0.05) is 108 Å². The second-order valence-electron chi connectivity index (χ2n) is 20.8. The van der Waals surface area contributed by atoms with Crippen molar-refractivity contribution in [2.24, 2.45) is 0 Å². The van der Waals surface area contributed by atoms with Crippen molar-refractivity contribution in [1.82, 2.24) is 29.7 Å². The summed E-state index contributed by atoms with van der Waals surface area (Å²) >= 11 is 0. The van der Waals surface area contributed by atoms with Gasteiger partial charge in [-0.05, 0) is 140 Å². The average Bonchev–Trinajstić information content (AvgIpc) is 2.95. The Balaban J connectivity index is 1.03. The summed E-state index contributed by atoms with van der Waals surface area (Å²) in [6, 6.07) is 58.3. The highest BCUT2D eigenvalue weighted by Gasteiger charge is 2.31. The van der Waals surface area contributed by atoms with Gasteiger partial charge in [-0.15, -0.1) is 0 Å². The summed E-state index contributed by atoms with van der Waals surface area (Å²) in [6.45, 7) is 5.86. The Morgan fingerprint density at radius 3 is 0.895 bits per heavy atom. The number of hydrogen-bond donors (Lipinski definition) is 3. The lowest BCUT2D eigenvalue weighted by atomic mass is 10.1. The first kappa shape index (κ1) is 60.6. The number of aryl methyl sites for hydroxylation is 1. The maximum absolute atomic E-state index is 14.5. The van der Waals surface area contributed by atoms with Crippen LogP contribution in [0.1, 0.15) is 56.0 Å². The van der Waals surface area contributed by atoms with Gasteiger partial charge in [0.1, 0.15) is 27.8 Å². The Morgan fingerprint density at radius 1 is 0.372 bits per heavy atom. The van der Waals surface area contributed by atoms with Crippen LogP contribution in [0, 0.1) is 42.4 Å². The highest BCUT2D eigenvalue weighted by Crippen LogP contribution is 2.40. The van der Waals surface area contributed by atoms with Gasteiger partial charge in [-0.2, -0.15) is 0 Å². The molecule has 1 saturated heterocycles. The van der Waals surface area contributed by atoms with Gasteiger partial charge in [-0.25, -0.2) is 15.0 Å². The molecule has 0 spiro atoms. The number of hydrogen-bond acceptors (Lipinski definition) is 11.